The summed E-state index contributed by atoms with van der Waals surface area (Å²) in [5.74, 6) is 0.0887. The molecular formula is C21H18N4O5. The molecule has 0 radical (unpaired) electrons. The topological polar surface area (TPSA) is 116 Å². The van der Waals surface area contributed by atoms with Gasteiger partial charge in [0, 0.05) is 30.1 Å². The quantitative estimate of drug-likeness (QED) is 0.350. The number of nitrogens with one attached hydrogen (secondary N) is 1. The van der Waals surface area contributed by atoms with E-state index < -0.39 is 11.0 Å². The van der Waals surface area contributed by atoms with E-state index in [9.17, 15) is 14.9 Å². The van der Waals surface area contributed by atoms with E-state index in [1.54, 1.807) is 31.5 Å². The Kier molecular flexibility index (Phi) is 6.67. The molecule has 30 heavy (non-hydrogen) atoms. The van der Waals surface area contributed by atoms with Crippen LogP contribution < -0.4 is 10.2 Å². The molecule has 0 spiro atoms. The molecule has 2 aromatic carbocycles. The summed E-state index contributed by atoms with van der Waals surface area (Å²) >= 11 is 0. The van der Waals surface area contributed by atoms with Crippen LogP contribution in [0.2, 0.25) is 0 Å². The summed E-state index contributed by atoms with van der Waals surface area (Å²) in [6.45, 7) is 1.79. The molecule has 152 valence electrons. The largest absolute Gasteiger partial charge is 0.444 e. The Bertz CT molecular complexity index is 1060. The van der Waals surface area contributed by atoms with Crippen LogP contribution in [0.5, 0.6) is 5.75 Å². The van der Waals surface area contributed by atoms with Crippen LogP contribution in [0.1, 0.15) is 18.1 Å². The van der Waals surface area contributed by atoms with Gasteiger partial charge in [-0.3, -0.25) is 20.4 Å². The van der Waals surface area contributed by atoms with Crippen molar-refractivity contribution in [2.75, 3.05) is 5.32 Å². The fraction of sp³-hybridized carbons (Fsp3) is 0.0952. The summed E-state index contributed by atoms with van der Waals surface area (Å²) in [6.07, 6.45) is 2.50. The number of carbonyl (C=O) groups is 1. The highest BCUT2D eigenvalue weighted by Gasteiger charge is 2.14. The summed E-state index contributed by atoms with van der Waals surface area (Å²) in [4.78, 5) is 32.0. The zero-order valence-corrected chi connectivity index (χ0v) is 16.0. The summed E-state index contributed by atoms with van der Waals surface area (Å²) in [5.41, 5.74) is 1.97. The van der Waals surface area contributed by atoms with Crippen LogP contribution in [0.4, 0.5) is 16.2 Å². The molecule has 1 amide bonds. The van der Waals surface area contributed by atoms with E-state index in [0.29, 0.717) is 5.71 Å². The molecule has 0 aliphatic rings. The number of ether oxygens (including phenoxy) is 1. The molecule has 0 unspecified atom stereocenters. The molecule has 9 heteroatoms. The average molecular weight is 406 g/mol. The number of nitro benzene ring substituents is 1. The molecule has 0 saturated heterocycles. The Morgan fingerprint density at radius 1 is 1.17 bits per heavy atom. The van der Waals surface area contributed by atoms with Gasteiger partial charge in [-0.1, -0.05) is 35.5 Å². The zero-order valence-electron chi connectivity index (χ0n) is 16.0. The molecule has 0 aliphatic carbocycles. The van der Waals surface area contributed by atoms with Crippen molar-refractivity contribution in [1.82, 2.24) is 4.98 Å². The van der Waals surface area contributed by atoms with E-state index in [4.69, 9.17) is 9.57 Å². The molecule has 0 bridgehead atoms. The lowest BCUT2D eigenvalue weighted by molar-refractivity contribution is -0.384. The van der Waals surface area contributed by atoms with Crippen molar-refractivity contribution < 1.29 is 19.3 Å². The van der Waals surface area contributed by atoms with E-state index >= 15 is 0 Å². The Morgan fingerprint density at radius 2 is 1.97 bits per heavy atom. The van der Waals surface area contributed by atoms with Crippen molar-refractivity contribution in [3.63, 3.8) is 0 Å². The van der Waals surface area contributed by atoms with Gasteiger partial charge in [0.2, 0.25) is 0 Å². The summed E-state index contributed by atoms with van der Waals surface area (Å²) in [7, 11) is 0. The van der Waals surface area contributed by atoms with E-state index in [1.165, 1.54) is 18.2 Å². The van der Waals surface area contributed by atoms with Crippen molar-refractivity contribution in [2.24, 2.45) is 5.16 Å². The SMILES string of the molecule is C/C(=N\Oc1cc(NC(=O)OCc2ccccc2)cc([N+](=O)[O-])c1)c1cccnc1. The van der Waals surface area contributed by atoms with Crippen molar-refractivity contribution in [3.8, 4) is 5.75 Å². The molecule has 0 aliphatic heterocycles. The third-order valence-electron chi connectivity index (χ3n) is 3.93. The van der Waals surface area contributed by atoms with E-state index in [1.807, 2.05) is 30.3 Å². The number of aromatic nitrogens is 1. The molecule has 1 aromatic heterocycles. The van der Waals surface area contributed by atoms with E-state index in [-0.39, 0.29) is 23.7 Å². The van der Waals surface area contributed by atoms with Gasteiger partial charge in [-0.2, -0.15) is 0 Å². The lowest BCUT2D eigenvalue weighted by Crippen LogP contribution is -2.13. The monoisotopic (exact) mass is 406 g/mol. The van der Waals surface area contributed by atoms with Crippen LogP contribution >= 0.6 is 0 Å². The Hall–Kier alpha value is -4.27. The predicted octanol–water partition coefficient (Wildman–Crippen LogP) is 4.54. The minimum absolute atomic E-state index is 0.0690. The Balaban J connectivity index is 1.71. The number of amides is 1. The lowest BCUT2D eigenvalue weighted by atomic mass is 10.2. The van der Waals surface area contributed by atoms with Gasteiger partial charge in [0.1, 0.15) is 6.61 Å². The van der Waals surface area contributed by atoms with Gasteiger partial charge >= 0.3 is 6.09 Å². The van der Waals surface area contributed by atoms with Crippen LogP contribution in [-0.2, 0) is 11.3 Å². The van der Waals surface area contributed by atoms with Gasteiger partial charge < -0.3 is 9.57 Å². The smallest absolute Gasteiger partial charge is 0.411 e. The van der Waals surface area contributed by atoms with Crippen molar-refractivity contribution in [2.45, 2.75) is 13.5 Å². The second-order valence-electron chi connectivity index (χ2n) is 6.17. The van der Waals surface area contributed by atoms with Crippen molar-refractivity contribution >= 4 is 23.2 Å². The number of hydrogen-bond donors (Lipinski definition) is 1. The molecular weight excluding hydrogens is 388 g/mol. The number of nitro groups is 1. The highest BCUT2D eigenvalue weighted by Crippen LogP contribution is 2.26. The number of benzene rings is 2. The minimum atomic E-state index is -0.750. The zero-order chi connectivity index (χ0) is 21.3. The predicted molar refractivity (Wildman–Crippen MR) is 110 cm³/mol. The molecule has 9 nitrogen and oxygen atoms in total. The molecule has 1 heterocycles. The first-order valence-electron chi connectivity index (χ1n) is 8.90. The first-order chi connectivity index (χ1) is 14.5. The highest BCUT2D eigenvalue weighted by atomic mass is 16.6. The van der Waals surface area contributed by atoms with Crippen molar-refractivity contribution in [1.29, 1.82) is 0 Å². The summed E-state index contributed by atoms with van der Waals surface area (Å²) < 4.78 is 5.13. The van der Waals surface area contributed by atoms with Gasteiger partial charge in [-0.15, -0.1) is 0 Å². The molecule has 1 N–H and O–H groups in total. The van der Waals surface area contributed by atoms with Gasteiger partial charge in [0.05, 0.1) is 22.4 Å². The molecule has 0 atom stereocenters. The lowest BCUT2D eigenvalue weighted by Gasteiger charge is -2.08. The third-order valence-corrected chi connectivity index (χ3v) is 3.93. The minimum Gasteiger partial charge on any atom is -0.444 e. The standard InChI is InChI=1S/C21H18N4O5/c1-15(17-8-5-9-22-13-17)24-30-20-11-18(10-19(12-20)25(27)28)23-21(26)29-14-16-6-3-2-4-7-16/h2-13H,14H2,1H3,(H,23,26)/b24-15+. The van der Waals surface area contributed by atoms with E-state index in [0.717, 1.165) is 11.1 Å². The summed E-state index contributed by atoms with van der Waals surface area (Å²) in [5, 5.41) is 17.7. The first-order valence-corrected chi connectivity index (χ1v) is 8.90. The Labute approximate surface area is 172 Å². The van der Waals surface area contributed by atoms with Gasteiger partial charge in [-0.05, 0) is 24.6 Å². The number of anilines is 1. The van der Waals surface area contributed by atoms with Gasteiger partial charge in [-0.25, -0.2) is 4.79 Å². The molecule has 0 saturated carbocycles. The second kappa shape index (κ2) is 9.78. The fourth-order valence-electron chi connectivity index (χ4n) is 2.44. The first kappa shape index (κ1) is 20.5. The third kappa shape index (κ3) is 5.86. The average Bonchev–Trinajstić information content (AvgIpc) is 2.77. The number of rotatable bonds is 7. The highest BCUT2D eigenvalue weighted by molar-refractivity contribution is 5.98. The van der Waals surface area contributed by atoms with Gasteiger partial charge in [0.25, 0.3) is 5.69 Å². The molecule has 3 aromatic rings. The van der Waals surface area contributed by atoms with E-state index in [2.05, 4.69) is 15.5 Å². The molecule has 0 fully saturated rings. The Morgan fingerprint density at radius 3 is 2.67 bits per heavy atom. The number of nitrogens with zero attached hydrogens (tertiary/aromatic N) is 3. The van der Waals surface area contributed by atoms with Crippen LogP contribution in [0.15, 0.2) is 78.2 Å². The normalized spacial score (nSPS) is 10.9. The van der Waals surface area contributed by atoms with Crippen LogP contribution in [0.3, 0.4) is 0 Å². The number of pyridine rings is 1. The number of oxime groups is 1. The maximum absolute atomic E-state index is 12.1. The second-order valence-corrected chi connectivity index (χ2v) is 6.17. The van der Waals surface area contributed by atoms with Gasteiger partial charge in [0.15, 0.2) is 5.75 Å². The fourth-order valence-corrected chi connectivity index (χ4v) is 2.44. The summed E-state index contributed by atoms with van der Waals surface area (Å²) in [6, 6.07) is 16.5. The molecule has 3 rings (SSSR count). The maximum atomic E-state index is 12.1. The van der Waals surface area contributed by atoms with Crippen LogP contribution in [0, 0.1) is 10.1 Å². The number of hydrogen-bond acceptors (Lipinski definition) is 7. The van der Waals surface area contributed by atoms with Crippen LogP contribution in [0.25, 0.3) is 0 Å². The van der Waals surface area contributed by atoms with Crippen molar-refractivity contribution in [3.05, 3.63) is 94.3 Å². The number of non-ortho nitro benzene ring substituents is 1. The van der Waals surface area contributed by atoms with Crippen LogP contribution in [-0.4, -0.2) is 21.7 Å². The maximum Gasteiger partial charge on any atom is 0.411 e. The number of carbonyl (C=O) groups excluding carboxylic acids is 1.